The number of amides is 1. The normalized spacial score (nSPS) is 17.2. The lowest BCUT2D eigenvalue weighted by atomic mass is 9.80. The fourth-order valence-electron chi connectivity index (χ4n) is 3.30. The van der Waals surface area contributed by atoms with Gasteiger partial charge in [-0.2, -0.15) is 0 Å². The molecule has 0 atom stereocenters. The summed E-state index contributed by atoms with van der Waals surface area (Å²) in [6.07, 6.45) is 5.31. The lowest BCUT2D eigenvalue weighted by Gasteiger charge is -2.40. The number of aromatic nitrogens is 3. The summed E-state index contributed by atoms with van der Waals surface area (Å²) in [5.41, 5.74) is 1.37. The van der Waals surface area contributed by atoms with Crippen molar-refractivity contribution in [3.8, 4) is 0 Å². The Labute approximate surface area is 168 Å². The van der Waals surface area contributed by atoms with Crippen LogP contribution >= 0.6 is 15.9 Å². The number of anilines is 1. The predicted molar refractivity (Wildman–Crippen MR) is 109 cm³/mol. The Hall–Kier alpha value is -1.83. The molecule has 1 aliphatic heterocycles. The first-order chi connectivity index (χ1) is 12.6. The summed E-state index contributed by atoms with van der Waals surface area (Å²) in [4.78, 5) is 23.5. The number of imidazole rings is 1. The molecule has 1 fully saturated rings. The molecular weight excluding hydrogens is 410 g/mol. The molecule has 1 saturated heterocycles. The van der Waals surface area contributed by atoms with Crippen molar-refractivity contribution in [2.45, 2.75) is 53.1 Å². The molecule has 0 radical (unpaired) electrons. The molecule has 27 heavy (non-hydrogen) atoms. The van der Waals surface area contributed by atoms with E-state index in [1.807, 2.05) is 38.3 Å². The number of alkyl carbamates (subject to hydrolysis) is 1. The van der Waals surface area contributed by atoms with Crippen LogP contribution in [0.25, 0.3) is 5.65 Å². The van der Waals surface area contributed by atoms with Crippen molar-refractivity contribution in [3.05, 3.63) is 22.7 Å². The molecule has 0 aromatic carbocycles. The largest absolute Gasteiger partial charge is 0.444 e. The quantitative estimate of drug-likeness (QED) is 0.787. The van der Waals surface area contributed by atoms with E-state index in [9.17, 15) is 4.79 Å². The maximum absolute atomic E-state index is 11.9. The van der Waals surface area contributed by atoms with Gasteiger partial charge in [-0.1, -0.05) is 6.92 Å². The molecule has 7 nitrogen and oxygen atoms in total. The van der Waals surface area contributed by atoms with Crippen LogP contribution in [0.3, 0.4) is 0 Å². The van der Waals surface area contributed by atoms with E-state index in [1.54, 1.807) is 6.20 Å². The zero-order valence-corrected chi connectivity index (χ0v) is 18.3. The fraction of sp³-hybridized carbons (Fsp3) is 0.632. The molecule has 2 aromatic rings. The summed E-state index contributed by atoms with van der Waals surface area (Å²) in [7, 11) is 0. The number of nitrogens with one attached hydrogen (secondary N) is 1. The average molecular weight is 438 g/mol. The Bertz CT molecular complexity index is 834. The van der Waals surface area contributed by atoms with Crippen molar-refractivity contribution in [3.63, 3.8) is 0 Å². The van der Waals surface area contributed by atoms with E-state index in [0.717, 1.165) is 47.7 Å². The van der Waals surface area contributed by atoms with Crippen LogP contribution in [0, 0.1) is 12.3 Å². The average Bonchev–Trinajstić information content (AvgIpc) is 3.06. The van der Waals surface area contributed by atoms with E-state index in [4.69, 9.17) is 9.72 Å². The van der Waals surface area contributed by atoms with Crippen molar-refractivity contribution in [1.82, 2.24) is 19.7 Å². The molecule has 0 saturated carbocycles. The minimum absolute atomic E-state index is 0.0452. The molecule has 148 valence electrons. The molecule has 8 heteroatoms. The number of carbonyl (C=O) groups is 1. The summed E-state index contributed by atoms with van der Waals surface area (Å²) in [5.74, 6) is 0.919. The van der Waals surface area contributed by atoms with Gasteiger partial charge < -0.3 is 15.0 Å². The fourth-order valence-corrected chi connectivity index (χ4v) is 3.68. The van der Waals surface area contributed by atoms with Crippen LogP contribution < -0.4 is 10.2 Å². The van der Waals surface area contributed by atoms with Gasteiger partial charge in [-0.05, 0) is 61.9 Å². The third-order valence-electron chi connectivity index (χ3n) is 4.95. The van der Waals surface area contributed by atoms with E-state index >= 15 is 0 Å². The van der Waals surface area contributed by atoms with Crippen molar-refractivity contribution >= 4 is 33.5 Å². The summed E-state index contributed by atoms with van der Waals surface area (Å²) >= 11 is 3.58. The molecule has 1 aliphatic rings. The first kappa shape index (κ1) is 19.9. The third-order valence-corrected chi connectivity index (χ3v) is 5.91. The topological polar surface area (TPSA) is 71.8 Å². The van der Waals surface area contributed by atoms with Gasteiger partial charge in [-0.3, -0.25) is 4.40 Å². The van der Waals surface area contributed by atoms with Gasteiger partial charge in [-0.15, -0.1) is 0 Å². The highest BCUT2D eigenvalue weighted by Gasteiger charge is 2.32. The number of piperidine rings is 1. The Morgan fingerprint density at radius 2 is 2.04 bits per heavy atom. The molecule has 0 spiro atoms. The van der Waals surface area contributed by atoms with Crippen molar-refractivity contribution in [2.75, 3.05) is 24.5 Å². The molecular formula is C19H28BrN5O2. The number of hydrogen-bond donors (Lipinski definition) is 1. The Morgan fingerprint density at radius 3 is 2.67 bits per heavy atom. The van der Waals surface area contributed by atoms with E-state index in [0.29, 0.717) is 6.54 Å². The lowest BCUT2D eigenvalue weighted by molar-refractivity contribution is 0.0495. The minimum Gasteiger partial charge on any atom is -0.444 e. The van der Waals surface area contributed by atoms with Gasteiger partial charge in [0, 0.05) is 32.0 Å². The molecule has 3 rings (SSSR count). The van der Waals surface area contributed by atoms with E-state index in [-0.39, 0.29) is 11.5 Å². The maximum Gasteiger partial charge on any atom is 0.407 e. The SMILES string of the molecule is Cc1nc(N2CCC(C)(CNC(=O)OC(C)(C)C)CC2)c2nccn2c1Br. The maximum atomic E-state index is 11.9. The highest BCUT2D eigenvalue weighted by atomic mass is 79.9. The van der Waals surface area contributed by atoms with Crippen LogP contribution in [0.15, 0.2) is 17.0 Å². The first-order valence-corrected chi connectivity index (χ1v) is 10.1. The molecule has 3 heterocycles. The predicted octanol–water partition coefficient (Wildman–Crippen LogP) is 3.93. The van der Waals surface area contributed by atoms with E-state index in [1.165, 1.54) is 0 Å². The Balaban J connectivity index is 1.64. The second-order valence-electron chi connectivity index (χ2n) is 8.59. The number of rotatable bonds is 3. The van der Waals surface area contributed by atoms with Gasteiger partial charge in [0.05, 0.1) is 5.69 Å². The molecule has 1 N–H and O–H groups in total. The van der Waals surface area contributed by atoms with Gasteiger partial charge in [0.1, 0.15) is 10.2 Å². The van der Waals surface area contributed by atoms with Gasteiger partial charge in [0.15, 0.2) is 11.5 Å². The monoisotopic (exact) mass is 437 g/mol. The lowest BCUT2D eigenvalue weighted by Crippen LogP contribution is -2.46. The smallest absolute Gasteiger partial charge is 0.407 e. The standard InChI is InChI=1S/C19H28BrN5O2/c1-13-14(20)25-11-8-21-15(25)16(23-13)24-9-6-19(5,7-10-24)12-22-17(26)27-18(2,3)4/h8,11H,6-7,9-10,12H2,1-5H3,(H,22,26). The number of aryl methyl sites for hydroxylation is 1. The number of fused-ring (bicyclic) bond motifs is 1. The number of ether oxygens (including phenoxy) is 1. The summed E-state index contributed by atoms with van der Waals surface area (Å²) in [6, 6.07) is 0. The van der Waals surface area contributed by atoms with Crippen molar-refractivity contribution in [1.29, 1.82) is 0 Å². The van der Waals surface area contributed by atoms with Gasteiger partial charge in [0.25, 0.3) is 0 Å². The molecule has 2 aromatic heterocycles. The van der Waals surface area contributed by atoms with E-state index < -0.39 is 5.60 Å². The van der Waals surface area contributed by atoms with Gasteiger partial charge in [0.2, 0.25) is 0 Å². The van der Waals surface area contributed by atoms with Crippen LogP contribution in [0.1, 0.15) is 46.2 Å². The highest BCUT2D eigenvalue weighted by Crippen LogP contribution is 2.34. The summed E-state index contributed by atoms with van der Waals surface area (Å²) < 4.78 is 8.30. The second kappa shape index (κ2) is 7.30. The van der Waals surface area contributed by atoms with Gasteiger partial charge in [-0.25, -0.2) is 14.8 Å². The van der Waals surface area contributed by atoms with Crippen molar-refractivity contribution in [2.24, 2.45) is 5.41 Å². The number of hydrogen-bond acceptors (Lipinski definition) is 5. The zero-order chi connectivity index (χ0) is 19.8. The molecule has 1 amide bonds. The molecule has 0 bridgehead atoms. The highest BCUT2D eigenvalue weighted by molar-refractivity contribution is 9.10. The van der Waals surface area contributed by atoms with Crippen LogP contribution in [-0.4, -0.2) is 45.7 Å². The van der Waals surface area contributed by atoms with Crippen molar-refractivity contribution < 1.29 is 9.53 Å². The van der Waals surface area contributed by atoms with Crippen LogP contribution in [0.4, 0.5) is 10.6 Å². The zero-order valence-electron chi connectivity index (χ0n) is 16.7. The first-order valence-electron chi connectivity index (χ1n) is 9.29. The second-order valence-corrected chi connectivity index (χ2v) is 9.34. The van der Waals surface area contributed by atoms with Crippen LogP contribution in [-0.2, 0) is 4.74 Å². The van der Waals surface area contributed by atoms with Gasteiger partial charge >= 0.3 is 6.09 Å². The van der Waals surface area contributed by atoms with E-state index in [2.05, 4.69) is 38.1 Å². The molecule has 0 unspecified atom stereocenters. The number of halogens is 1. The summed E-state index contributed by atoms with van der Waals surface area (Å²) in [5, 5.41) is 2.93. The molecule has 0 aliphatic carbocycles. The number of carbonyl (C=O) groups excluding carboxylic acids is 1. The Kier molecular flexibility index (Phi) is 5.38. The van der Waals surface area contributed by atoms with Crippen LogP contribution in [0.5, 0.6) is 0 Å². The summed E-state index contributed by atoms with van der Waals surface area (Å²) in [6.45, 7) is 12.2. The van der Waals surface area contributed by atoms with Crippen LogP contribution in [0.2, 0.25) is 0 Å². The third kappa shape index (κ3) is 4.54. The number of nitrogens with zero attached hydrogens (tertiary/aromatic N) is 4. The Morgan fingerprint density at radius 1 is 1.37 bits per heavy atom. The minimum atomic E-state index is -0.477.